The lowest BCUT2D eigenvalue weighted by Gasteiger charge is -2.09. The predicted octanol–water partition coefficient (Wildman–Crippen LogP) is 0.527. The molecule has 1 saturated heterocycles. The van der Waals surface area contributed by atoms with Crippen LogP contribution in [0.1, 0.15) is 18.2 Å². The van der Waals surface area contributed by atoms with E-state index < -0.39 is 17.7 Å². The Morgan fingerprint density at radius 1 is 1.37 bits per heavy atom. The number of carbonyl (C=O) groups excluding carboxylic acids is 2. The summed E-state index contributed by atoms with van der Waals surface area (Å²) in [5.74, 6) is -1.67. The van der Waals surface area contributed by atoms with Crippen molar-refractivity contribution in [2.24, 2.45) is 0 Å². The minimum atomic E-state index is -0.865. The van der Waals surface area contributed by atoms with Crippen molar-refractivity contribution in [1.82, 2.24) is 30.9 Å². The van der Waals surface area contributed by atoms with Gasteiger partial charge in [0, 0.05) is 19.7 Å². The highest BCUT2D eigenvalue weighted by Gasteiger charge is 2.30. The van der Waals surface area contributed by atoms with Crippen molar-refractivity contribution < 1.29 is 18.4 Å². The number of urea groups is 1. The molecule has 0 unspecified atom stereocenters. The molecule has 0 saturated carbocycles. The van der Waals surface area contributed by atoms with E-state index in [0.717, 1.165) is 12.1 Å². The Morgan fingerprint density at radius 2 is 2.19 bits per heavy atom. The molecule has 11 heteroatoms. The number of carbonyl (C=O) groups is 2. The first-order valence-corrected chi connectivity index (χ1v) is 8.32. The van der Waals surface area contributed by atoms with Gasteiger partial charge in [-0.25, -0.2) is 18.3 Å². The van der Waals surface area contributed by atoms with Crippen LogP contribution in [0, 0.1) is 11.6 Å². The Kier molecular flexibility index (Phi) is 5.60. The minimum Gasteiger partial charge on any atom is -0.358 e. The molecule has 3 amide bonds. The van der Waals surface area contributed by atoms with Crippen molar-refractivity contribution >= 4 is 17.6 Å². The van der Waals surface area contributed by atoms with Crippen LogP contribution in [0.15, 0.2) is 24.4 Å². The highest BCUT2D eigenvalue weighted by Crippen LogP contribution is 2.19. The molecule has 2 heterocycles. The lowest BCUT2D eigenvalue weighted by atomic mass is 10.1. The molecule has 144 valence electrons. The maximum absolute atomic E-state index is 13.5. The number of nitrogens with zero attached hydrogens (tertiary/aromatic N) is 3. The van der Waals surface area contributed by atoms with Gasteiger partial charge in [0.25, 0.3) is 0 Å². The van der Waals surface area contributed by atoms with Crippen LogP contribution in [-0.4, -0.2) is 46.6 Å². The molecule has 1 aromatic heterocycles. The van der Waals surface area contributed by atoms with Crippen molar-refractivity contribution in [3.63, 3.8) is 0 Å². The highest BCUT2D eigenvalue weighted by atomic mass is 19.1. The van der Waals surface area contributed by atoms with Crippen LogP contribution >= 0.6 is 0 Å². The van der Waals surface area contributed by atoms with Gasteiger partial charge in [0.05, 0.1) is 30.5 Å². The van der Waals surface area contributed by atoms with Crippen molar-refractivity contribution in [3.05, 3.63) is 41.7 Å². The Hall–Kier alpha value is -3.08. The van der Waals surface area contributed by atoms with E-state index in [1.165, 1.54) is 0 Å². The van der Waals surface area contributed by atoms with Crippen LogP contribution in [0.25, 0.3) is 0 Å². The van der Waals surface area contributed by atoms with E-state index in [4.69, 9.17) is 0 Å². The van der Waals surface area contributed by atoms with Gasteiger partial charge in [-0.1, -0.05) is 5.21 Å². The van der Waals surface area contributed by atoms with Crippen molar-refractivity contribution in [1.29, 1.82) is 0 Å². The minimum absolute atomic E-state index is 0.0179. The third kappa shape index (κ3) is 4.56. The van der Waals surface area contributed by atoms with Crippen molar-refractivity contribution in [2.75, 3.05) is 18.9 Å². The molecule has 1 fully saturated rings. The average molecular weight is 379 g/mol. The molecule has 2 aromatic rings. The molecule has 1 aromatic carbocycles. The van der Waals surface area contributed by atoms with E-state index >= 15 is 0 Å². The van der Waals surface area contributed by atoms with Crippen LogP contribution in [0.5, 0.6) is 0 Å². The fraction of sp³-hybridized carbons (Fsp3) is 0.375. The molecule has 9 nitrogen and oxygen atoms in total. The number of anilines is 1. The number of nitrogens with one attached hydrogen (secondary N) is 4. The summed E-state index contributed by atoms with van der Waals surface area (Å²) in [5, 5.41) is 18.5. The fourth-order valence-corrected chi connectivity index (χ4v) is 2.79. The first-order chi connectivity index (χ1) is 13.0. The highest BCUT2D eigenvalue weighted by molar-refractivity contribution is 5.89. The Balaban J connectivity index is 1.51. The standard InChI is InChI=1S/C16H19F2N7O2/c1-19-15(26)14-5-11(7-20-14)25-8-10(23-24-25)6-21-16(27)22-13-3-2-9(17)4-12(13)18/h2-4,8,11,14,20H,5-7H2,1H3,(H,19,26)(H2,21,22,27)/t11-,14+/m1/s1. The molecular formula is C16H19F2N7O2. The third-order valence-corrected chi connectivity index (χ3v) is 4.21. The molecule has 0 spiro atoms. The van der Waals surface area contributed by atoms with Crippen molar-refractivity contribution in [2.45, 2.75) is 25.0 Å². The van der Waals surface area contributed by atoms with Crippen LogP contribution < -0.4 is 21.3 Å². The Morgan fingerprint density at radius 3 is 2.93 bits per heavy atom. The molecule has 1 aliphatic heterocycles. The number of rotatable bonds is 5. The number of benzene rings is 1. The second kappa shape index (κ2) is 8.08. The fourth-order valence-electron chi connectivity index (χ4n) is 2.79. The van der Waals surface area contributed by atoms with Gasteiger partial charge in [-0.3, -0.25) is 4.79 Å². The quantitative estimate of drug-likeness (QED) is 0.605. The summed E-state index contributed by atoms with van der Waals surface area (Å²) in [7, 11) is 1.58. The molecule has 3 rings (SSSR count). The number of amides is 3. The topological polar surface area (TPSA) is 113 Å². The van der Waals surface area contributed by atoms with Gasteiger partial charge in [-0.05, 0) is 18.6 Å². The molecule has 4 N–H and O–H groups in total. The zero-order chi connectivity index (χ0) is 19.4. The number of aromatic nitrogens is 3. The monoisotopic (exact) mass is 379 g/mol. The first kappa shape index (κ1) is 18.7. The second-order valence-corrected chi connectivity index (χ2v) is 6.09. The number of halogens is 2. The van der Waals surface area contributed by atoms with Gasteiger partial charge in [0.15, 0.2) is 0 Å². The summed E-state index contributed by atoms with van der Waals surface area (Å²) >= 11 is 0. The SMILES string of the molecule is CNC(=O)[C@@H]1C[C@@H](n2cc(CNC(=O)Nc3ccc(F)cc3F)nn2)CN1. The molecule has 27 heavy (non-hydrogen) atoms. The summed E-state index contributed by atoms with van der Waals surface area (Å²) in [6.07, 6.45) is 2.26. The van der Waals surface area contributed by atoms with Crippen LogP contribution in [0.2, 0.25) is 0 Å². The van der Waals surface area contributed by atoms with E-state index in [0.29, 0.717) is 24.7 Å². The maximum Gasteiger partial charge on any atom is 0.319 e. The summed E-state index contributed by atoms with van der Waals surface area (Å²) < 4.78 is 28.0. The molecule has 0 radical (unpaired) electrons. The van der Waals surface area contributed by atoms with E-state index in [2.05, 4.69) is 31.6 Å². The normalized spacial score (nSPS) is 18.9. The maximum atomic E-state index is 13.5. The van der Waals surface area contributed by atoms with E-state index in [-0.39, 0.29) is 30.2 Å². The van der Waals surface area contributed by atoms with Crippen LogP contribution in [0.4, 0.5) is 19.3 Å². The summed E-state index contributed by atoms with van der Waals surface area (Å²) in [6.45, 7) is 0.659. The predicted molar refractivity (Wildman–Crippen MR) is 91.7 cm³/mol. The number of hydrogen-bond donors (Lipinski definition) is 4. The van der Waals surface area contributed by atoms with Gasteiger partial charge in [0.2, 0.25) is 5.91 Å². The van der Waals surface area contributed by atoms with E-state index in [1.54, 1.807) is 17.9 Å². The lowest BCUT2D eigenvalue weighted by molar-refractivity contribution is -0.122. The number of likely N-dealkylation sites (N-methyl/N-ethyl adjacent to an activating group) is 1. The molecule has 1 aliphatic rings. The third-order valence-electron chi connectivity index (χ3n) is 4.21. The average Bonchev–Trinajstić information content (AvgIpc) is 3.31. The second-order valence-electron chi connectivity index (χ2n) is 6.09. The Labute approximate surface area is 153 Å². The molecular weight excluding hydrogens is 360 g/mol. The van der Waals surface area contributed by atoms with Crippen LogP contribution in [-0.2, 0) is 11.3 Å². The van der Waals surface area contributed by atoms with Gasteiger partial charge in [-0.2, -0.15) is 0 Å². The zero-order valence-corrected chi connectivity index (χ0v) is 14.5. The van der Waals surface area contributed by atoms with Gasteiger partial charge < -0.3 is 21.3 Å². The molecule has 0 bridgehead atoms. The largest absolute Gasteiger partial charge is 0.358 e. The van der Waals surface area contributed by atoms with E-state index in [1.807, 2.05) is 0 Å². The van der Waals surface area contributed by atoms with E-state index in [9.17, 15) is 18.4 Å². The molecule has 2 atom stereocenters. The van der Waals surface area contributed by atoms with Crippen molar-refractivity contribution in [3.8, 4) is 0 Å². The first-order valence-electron chi connectivity index (χ1n) is 8.32. The van der Waals surface area contributed by atoms with Gasteiger partial charge in [0.1, 0.15) is 17.3 Å². The summed E-state index contributed by atoms with van der Waals surface area (Å²) in [4.78, 5) is 23.5. The Bertz CT molecular complexity index is 842. The van der Waals surface area contributed by atoms with Gasteiger partial charge >= 0.3 is 6.03 Å². The lowest BCUT2D eigenvalue weighted by Crippen LogP contribution is -2.38. The zero-order valence-electron chi connectivity index (χ0n) is 14.5. The number of hydrogen-bond acceptors (Lipinski definition) is 5. The van der Waals surface area contributed by atoms with Crippen LogP contribution in [0.3, 0.4) is 0 Å². The molecule has 0 aliphatic carbocycles. The smallest absolute Gasteiger partial charge is 0.319 e. The van der Waals surface area contributed by atoms with Gasteiger partial charge in [-0.15, -0.1) is 5.10 Å². The summed E-state index contributed by atoms with van der Waals surface area (Å²) in [5.41, 5.74) is 0.378. The summed E-state index contributed by atoms with van der Waals surface area (Å²) in [6, 6.07) is 1.92.